The third-order valence-corrected chi connectivity index (χ3v) is 5.79. The molecule has 0 radical (unpaired) electrons. The summed E-state index contributed by atoms with van der Waals surface area (Å²) in [5.74, 6) is 0.299. The fraction of sp³-hybridized carbons (Fsp3) is 0.304. The third-order valence-electron chi connectivity index (χ3n) is 4.76. The van der Waals surface area contributed by atoms with E-state index in [-0.39, 0.29) is 0 Å². The topological polar surface area (TPSA) is 87.1 Å². The van der Waals surface area contributed by atoms with Gasteiger partial charge >= 0.3 is 11.9 Å². The van der Waals surface area contributed by atoms with E-state index in [1.807, 2.05) is 30.0 Å². The van der Waals surface area contributed by atoms with Crippen LogP contribution in [0.2, 0.25) is 0 Å². The predicted molar refractivity (Wildman–Crippen MR) is 119 cm³/mol. The van der Waals surface area contributed by atoms with Gasteiger partial charge < -0.3 is 19.8 Å². The number of carbonyl (C=O) groups is 2. The minimum Gasteiger partial charge on any atom is -0.473 e. The predicted octanol–water partition coefficient (Wildman–Crippen LogP) is 4.52. The maximum Gasteiger partial charge on any atom is 0.414 e. The number of hydrogen-bond donors (Lipinski definition) is 2. The van der Waals surface area contributed by atoms with Gasteiger partial charge in [0, 0.05) is 34.9 Å². The number of hydrogen-bond acceptors (Lipinski definition) is 5. The number of rotatable bonds is 6. The summed E-state index contributed by atoms with van der Waals surface area (Å²) in [5.41, 5.74) is 2.35. The summed E-state index contributed by atoms with van der Waals surface area (Å²) >= 11 is 1.93. The van der Waals surface area contributed by atoms with Crippen LogP contribution in [0.3, 0.4) is 0 Å². The summed E-state index contributed by atoms with van der Waals surface area (Å²) in [7, 11) is 2.24. The molecule has 6 nitrogen and oxygen atoms in total. The van der Waals surface area contributed by atoms with Crippen LogP contribution in [-0.4, -0.2) is 52.9 Å². The number of carboxylic acids is 2. The molecule has 158 valence electrons. The second-order valence-corrected chi connectivity index (χ2v) is 8.45. The molecule has 0 aromatic heterocycles. The quantitative estimate of drug-likeness (QED) is 0.655. The van der Waals surface area contributed by atoms with E-state index in [9.17, 15) is 0 Å². The Hall–Kier alpha value is -2.77. The van der Waals surface area contributed by atoms with Crippen LogP contribution < -0.4 is 4.74 Å². The van der Waals surface area contributed by atoms with Crippen LogP contribution in [0.25, 0.3) is 11.0 Å². The van der Waals surface area contributed by atoms with Crippen molar-refractivity contribution in [1.29, 1.82) is 0 Å². The first-order valence-corrected chi connectivity index (χ1v) is 10.8. The van der Waals surface area contributed by atoms with Gasteiger partial charge in [0.15, 0.2) is 0 Å². The first-order chi connectivity index (χ1) is 14.4. The van der Waals surface area contributed by atoms with Crippen molar-refractivity contribution in [3.8, 4) is 11.5 Å². The first kappa shape index (κ1) is 21.9. The molecule has 1 fully saturated rings. The minimum absolute atomic E-state index is 0.936. The highest BCUT2D eigenvalue weighted by Gasteiger charge is 2.22. The maximum atomic E-state index is 9.10. The summed E-state index contributed by atoms with van der Waals surface area (Å²) in [6.45, 7) is 2.38. The highest BCUT2D eigenvalue weighted by Crippen LogP contribution is 2.42. The normalized spacial score (nSPS) is 14.3. The number of thioether (sulfide) groups is 1. The van der Waals surface area contributed by atoms with E-state index in [2.05, 4.69) is 48.4 Å². The number of nitrogens with zero attached hydrogens (tertiary/aromatic N) is 1. The van der Waals surface area contributed by atoms with Crippen molar-refractivity contribution >= 4 is 34.7 Å². The van der Waals surface area contributed by atoms with Crippen molar-refractivity contribution < 1.29 is 24.5 Å². The lowest BCUT2D eigenvalue weighted by Crippen LogP contribution is -2.23. The Morgan fingerprint density at radius 2 is 1.67 bits per heavy atom. The van der Waals surface area contributed by atoms with Crippen molar-refractivity contribution in [2.45, 2.75) is 12.8 Å². The summed E-state index contributed by atoms with van der Waals surface area (Å²) in [6, 6.07) is 16.6. The monoisotopic (exact) mass is 427 g/mol. The zero-order valence-electron chi connectivity index (χ0n) is 16.8. The standard InChI is InChI=1S/C21H23NOS.C2H2O4/c1-22(15-16-10-11-16)12-13-24-21-14-17-6-2-4-8-19(17)23-20-9-5-3-7-18(20)21;3-1(4)2(5)6/h2-9,14,16H,10-13,15H2,1H3;(H,3,4)(H,5,6). The van der Waals surface area contributed by atoms with Crippen LogP contribution in [0.1, 0.15) is 24.0 Å². The Kier molecular flexibility index (Phi) is 7.54. The summed E-state index contributed by atoms with van der Waals surface area (Å²) in [4.78, 5) is 22.0. The van der Waals surface area contributed by atoms with Crippen LogP contribution in [0.15, 0.2) is 48.5 Å². The van der Waals surface area contributed by atoms with Crippen LogP contribution in [0.5, 0.6) is 11.5 Å². The third kappa shape index (κ3) is 6.37. The molecule has 30 heavy (non-hydrogen) atoms. The van der Waals surface area contributed by atoms with Crippen molar-refractivity contribution in [3.63, 3.8) is 0 Å². The maximum absolute atomic E-state index is 9.10. The summed E-state index contributed by atoms with van der Waals surface area (Å²) < 4.78 is 6.15. The van der Waals surface area contributed by atoms with E-state index in [0.29, 0.717) is 0 Å². The smallest absolute Gasteiger partial charge is 0.414 e. The van der Waals surface area contributed by atoms with E-state index in [1.165, 1.54) is 29.9 Å². The number of fused-ring (bicyclic) bond motifs is 2. The zero-order chi connectivity index (χ0) is 21.5. The SMILES string of the molecule is CN(CCSC1=Cc2ccccc2Oc2ccccc21)CC1CC1.O=C(O)C(=O)O. The molecule has 2 aromatic carbocycles. The largest absolute Gasteiger partial charge is 0.473 e. The van der Waals surface area contributed by atoms with Crippen molar-refractivity contribution in [1.82, 2.24) is 4.90 Å². The number of aliphatic carboxylic acids is 2. The number of benzene rings is 2. The Morgan fingerprint density at radius 1 is 1.03 bits per heavy atom. The van der Waals surface area contributed by atoms with E-state index in [4.69, 9.17) is 24.5 Å². The highest BCUT2D eigenvalue weighted by molar-refractivity contribution is 8.08. The number of ether oxygens (including phenoxy) is 1. The van der Waals surface area contributed by atoms with Crippen LogP contribution in [-0.2, 0) is 9.59 Å². The molecule has 7 heteroatoms. The number of carboxylic acid groups (broad SMARTS) is 2. The van der Waals surface area contributed by atoms with E-state index >= 15 is 0 Å². The average molecular weight is 428 g/mol. The fourth-order valence-electron chi connectivity index (χ4n) is 3.05. The van der Waals surface area contributed by atoms with Crippen molar-refractivity contribution in [2.75, 3.05) is 25.9 Å². The molecule has 1 aliphatic heterocycles. The van der Waals surface area contributed by atoms with Crippen LogP contribution in [0, 0.1) is 5.92 Å². The Labute approximate surface area is 180 Å². The molecule has 0 saturated heterocycles. The summed E-state index contributed by atoms with van der Waals surface area (Å²) in [5, 5.41) is 14.8. The van der Waals surface area contributed by atoms with Gasteiger partial charge in [0.25, 0.3) is 0 Å². The molecule has 1 saturated carbocycles. The number of para-hydroxylation sites is 2. The van der Waals surface area contributed by atoms with Gasteiger partial charge in [-0.15, -0.1) is 11.8 Å². The summed E-state index contributed by atoms with van der Waals surface area (Å²) in [6.07, 6.45) is 5.11. The second kappa shape index (κ2) is 10.3. The molecule has 0 atom stereocenters. The molecular formula is C23H25NO5S. The van der Waals surface area contributed by atoms with Gasteiger partial charge in [-0.05, 0) is 44.0 Å². The molecule has 2 aliphatic rings. The fourth-order valence-corrected chi connectivity index (χ4v) is 4.21. The molecule has 0 amide bonds. The Balaban J connectivity index is 0.000000377. The van der Waals surface area contributed by atoms with Crippen molar-refractivity contribution in [2.24, 2.45) is 5.92 Å². The van der Waals surface area contributed by atoms with Gasteiger partial charge in [0.1, 0.15) is 11.5 Å². The van der Waals surface area contributed by atoms with Gasteiger partial charge in [0.05, 0.1) is 0 Å². The van der Waals surface area contributed by atoms with Crippen molar-refractivity contribution in [3.05, 3.63) is 59.7 Å². The zero-order valence-corrected chi connectivity index (χ0v) is 17.6. The minimum atomic E-state index is -1.82. The lowest BCUT2D eigenvalue weighted by molar-refractivity contribution is -0.159. The molecule has 4 rings (SSSR count). The lowest BCUT2D eigenvalue weighted by atomic mass is 10.1. The average Bonchev–Trinajstić information content (AvgIpc) is 3.54. The van der Waals surface area contributed by atoms with Gasteiger partial charge in [-0.25, -0.2) is 9.59 Å². The van der Waals surface area contributed by atoms with E-state index in [0.717, 1.165) is 35.3 Å². The molecule has 2 aromatic rings. The molecule has 0 spiro atoms. The first-order valence-electron chi connectivity index (χ1n) is 9.79. The van der Waals surface area contributed by atoms with Gasteiger partial charge in [0.2, 0.25) is 0 Å². The highest BCUT2D eigenvalue weighted by atomic mass is 32.2. The van der Waals surface area contributed by atoms with E-state index in [1.54, 1.807) is 0 Å². The lowest BCUT2D eigenvalue weighted by Gasteiger charge is -2.16. The molecule has 1 aliphatic carbocycles. The molecule has 2 N–H and O–H groups in total. The molecule has 1 heterocycles. The molecule has 0 bridgehead atoms. The Morgan fingerprint density at radius 3 is 2.33 bits per heavy atom. The van der Waals surface area contributed by atoms with E-state index < -0.39 is 11.9 Å². The molecule has 0 unspecified atom stereocenters. The van der Waals surface area contributed by atoms with Crippen LogP contribution in [0.4, 0.5) is 0 Å². The van der Waals surface area contributed by atoms with Crippen LogP contribution >= 0.6 is 11.8 Å². The van der Waals surface area contributed by atoms with Gasteiger partial charge in [-0.2, -0.15) is 0 Å². The van der Waals surface area contributed by atoms with Gasteiger partial charge in [-0.1, -0.05) is 36.4 Å². The molecular weight excluding hydrogens is 402 g/mol. The van der Waals surface area contributed by atoms with Gasteiger partial charge in [-0.3, -0.25) is 0 Å². The Bertz CT molecular complexity index is 927. The second-order valence-electron chi connectivity index (χ2n) is 7.31.